The van der Waals surface area contributed by atoms with E-state index >= 15 is 0 Å². The predicted molar refractivity (Wildman–Crippen MR) is 86.6 cm³/mol. The van der Waals surface area contributed by atoms with Gasteiger partial charge in [0, 0.05) is 45.3 Å². The quantitative estimate of drug-likeness (QED) is 0.377. The third kappa shape index (κ3) is 7.22. The van der Waals surface area contributed by atoms with Crippen molar-refractivity contribution in [1.82, 2.24) is 15.5 Å². The molecule has 2 atom stereocenters. The molecule has 2 amide bonds. The Morgan fingerprint density at radius 2 is 1.73 bits per heavy atom. The molecule has 0 radical (unpaired) electrons. The third-order valence-corrected chi connectivity index (χ3v) is 4.22. The van der Waals surface area contributed by atoms with Gasteiger partial charge < -0.3 is 15.4 Å². The summed E-state index contributed by atoms with van der Waals surface area (Å²) in [5.41, 5.74) is 0. The van der Waals surface area contributed by atoms with Crippen molar-refractivity contribution in [2.75, 3.05) is 33.4 Å². The first-order valence-corrected chi connectivity index (χ1v) is 8.32. The number of amides is 2. The number of hydrogen-bond acceptors (Lipinski definition) is 4. The van der Waals surface area contributed by atoms with Crippen LogP contribution < -0.4 is 10.6 Å². The first-order valence-electron chi connectivity index (χ1n) is 8.32. The zero-order valence-corrected chi connectivity index (χ0v) is 14.2. The number of nitrogens with zero attached hydrogens (tertiary/aromatic N) is 1. The van der Waals surface area contributed by atoms with Crippen molar-refractivity contribution in [3.63, 3.8) is 0 Å². The maximum Gasteiger partial charge on any atom is 0.234 e. The van der Waals surface area contributed by atoms with Crippen LogP contribution >= 0.6 is 0 Å². The summed E-state index contributed by atoms with van der Waals surface area (Å²) in [5.74, 6) is -0.0242. The van der Waals surface area contributed by atoms with Crippen molar-refractivity contribution in [2.45, 2.75) is 58.0 Å². The van der Waals surface area contributed by atoms with E-state index in [0.717, 1.165) is 19.3 Å². The number of methoxy groups -OCH3 is 1. The second kappa shape index (κ2) is 10.6. The van der Waals surface area contributed by atoms with Crippen LogP contribution in [0.4, 0.5) is 0 Å². The monoisotopic (exact) mass is 318 g/mol. The van der Waals surface area contributed by atoms with Crippen molar-refractivity contribution in [3.8, 4) is 0 Å². The topological polar surface area (TPSA) is 70.7 Å². The van der Waals surface area contributed by atoms with Gasteiger partial charge in [0.25, 0.3) is 0 Å². The normalized spacial score (nSPS) is 22.3. The SMILES string of the molecule is COCCCNC(=O)CCNC(=O)C[15N]1[13C@H]([13CH3])CCC[13C@@H]1[13CH3]. The average molecular weight is 318 g/mol. The van der Waals surface area contributed by atoms with Gasteiger partial charge in [0.05, 0.1) is 6.54 Å². The van der Waals surface area contributed by atoms with Gasteiger partial charge in [-0.15, -0.1) is 0 Å². The molecule has 6 nitrogen and oxygen atoms in total. The molecule has 128 valence electrons. The molecule has 1 fully saturated rings. The van der Waals surface area contributed by atoms with Gasteiger partial charge in [-0.3, -0.25) is 14.5 Å². The van der Waals surface area contributed by atoms with Gasteiger partial charge in [-0.1, -0.05) is 6.42 Å². The highest BCUT2D eigenvalue weighted by atomic mass is 16.5. The van der Waals surface area contributed by atoms with Crippen molar-refractivity contribution < 1.29 is 14.3 Å². The van der Waals surface area contributed by atoms with E-state index in [4.69, 9.17) is 4.74 Å². The lowest BCUT2D eigenvalue weighted by Gasteiger charge is -2.38. The van der Waals surface area contributed by atoms with E-state index in [2.05, 4.69) is 29.4 Å². The molecule has 1 rings (SSSR count). The van der Waals surface area contributed by atoms with Crippen molar-refractivity contribution in [1.29, 1.82) is 0 Å². The highest BCUT2D eigenvalue weighted by molar-refractivity contribution is 5.80. The molecule has 0 aliphatic carbocycles. The Balaban J connectivity index is 2.13. The molecular formula is C16H31N3O3. The van der Waals surface area contributed by atoms with Crippen molar-refractivity contribution >= 4 is 11.8 Å². The second-order valence-electron chi connectivity index (χ2n) is 6.10. The molecule has 0 aromatic carbocycles. The molecule has 0 unspecified atom stereocenters. The van der Waals surface area contributed by atoms with Crippen LogP contribution in [0.1, 0.15) is 46.0 Å². The number of rotatable bonds is 9. The number of hydrogen-bond donors (Lipinski definition) is 2. The maximum atomic E-state index is 12.0. The molecule has 1 aliphatic heterocycles. The van der Waals surface area contributed by atoms with E-state index < -0.39 is 0 Å². The Kier molecular flexibility index (Phi) is 9.08. The third-order valence-electron chi connectivity index (χ3n) is 4.22. The minimum absolute atomic E-state index is 0.00721. The molecule has 1 aliphatic rings. The van der Waals surface area contributed by atoms with Gasteiger partial charge in [-0.25, -0.2) is 0 Å². The van der Waals surface area contributed by atoms with Gasteiger partial charge in [0.15, 0.2) is 0 Å². The fraction of sp³-hybridized carbons (Fsp3) is 0.875. The lowest BCUT2D eigenvalue weighted by molar-refractivity contribution is -0.124. The van der Waals surface area contributed by atoms with Crippen LogP contribution in [0.25, 0.3) is 0 Å². The smallest absolute Gasteiger partial charge is 0.234 e. The van der Waals surface area contributed by atoms with E-state index in [-0.39, 0.29) is 11.8 Å². The van der Waals surface area contributed by atoms with Crippen LogP contribution in [0.2, 0.25) is 0 Å². The zero-order chi connectivity index (χ0) is 16.4. The predicted octanol–water partition coefficient (Wildman–Crippen LogP) is 0.908. The van der Waals surface area contributed by atoms with E-state index in [1.165, 1.54) is 6.42 Å². The van der Waals surface area contributed by atoms with Gasteiger partial charge in [-0.05, 0) is 33.1 Å². The molecular weight excluding hydrogens is 287 g/mol. The Morgan fingerprint density at radius 1 is 1.09 bits per heavy atom. The molecule has 2 N–H and O–H groups in total. The number of carbonyl (C=O) groups is 2. The Morgan fingerprint density at radius 3 is 2.36 bits per heavy atom. The fourth-order valence-electron chi connectivity index (χ4n) is 2.86. The van der Waals surface area contributed by atoms with Gasteiger partial charge in [0.1, 0.15) is 0 Å². The van der Waals surface area contributed by atoms with Crippen LogP contribution in [-0.4, -0.2) is 62.1 Å². The van der Waals surface area contributed by atoms with Gasteiger partial charge in [0.2, 0.25) is 11.8 Å². The van der Waals surface area contributed by atoms with E-state index in [9.17, 15) is 9.59 Å². The molecule has 0 aromatic rings. The number of ether oxygens (including phenoxy) is 1. The lowest BCUT2D eigenvalue weighted by atomic mass is 10.3. The standard InChI is InChI=1S/C16H31N3O3/c1-13-6-4-7-14(2)19(13)12-16(21)18-10-8-15(20)17-9-5-11-22-3/h13-14H,4-12H2,1-3H3,(H,17,20)(H,18,21)/t13-,14+/i1+1,2+1,13+1,14+1,19+1. The summed E-state index contributed by atoms with van der Waals surface area (Å²) in [6.45, 7) is 6.43. The highest BCUT2D eigenvalue weighted by Crippen LogP contribution is 2.21. The van der Waals surface area contributed by atoms with Crippen LogP contribution in [0.15, 0.2) is 0 Å². The van der Waals surface area contributed by atoms with Crippen LogP contribution in [-0.2, 0) is 14.3 Å². The van der Waals surface area contributed by atoms with Crippen LogP contribution in [0.5, 0.6) is 0 Å². The van der Waals surface area contributed by atoms with Gasteiger partial charge in [-0.2, -0.15) is 0 Å². The van der Waals surface area contributed by atoms with E-state index in [1.54, 1.807) is 7.11 Å². The number of nitrogens with one attached hydrogen (secondary N) is 2. The lowest BCUT2D eigenvalue weighted by Crippen LogP contribution is -2.49. The van der Waals surface area contributed by atoms with Crippen LogP contribution in [0, 0.1) is 0 Å². The minimum atomic E-state index is -0.0314. The number of piperidine rings is 1. The molecule has 1 heterocycles. The van der Waals surface area contributed by atoms with Gasteiger partial charge >= 0.3 is 0 Å². The summed E-state index contributed by atoms with van der Waals surface area (Å²) >= 11 is 0. The Labute approximate surface area is 134 Å². The summed E-state index contributed by atoms with van der Waals surface area (Å²) in [6, 6.07) is 0.914. The number of carbonyl (C=O) groups excluding carboxylic acids is 2. The highest BCUT2D eigenvalue weighted by Gasteiger charge is 2.26. The summed E-state index contributed by atoms with van der Waals surface area (Å²) in [4.78, 5) is 25.8. The molecule has 0 bridgehead atoms. The number of likely N-dealkylation sites (tertiary alicyclic amines) is 1. The van der Waals surface area contributed by atoms with E-state index in [1.807, 2.05) is 0 Å². The zero-order valence-electron chi connectivity index (χ0n) is 14.2. The minimum Gasteiger partial charge on any atom is -0.385 e. The molecule has 1 saturated heterocycles. The molecule has 6 heteroatoms. The molecule has 22 heavy (non-hydrogen) atoms. The average Bonchev–Trinajstić information content (AvgIpc) is 2.48. The second-order valence-corrected chi connectivity index (χ2v) is 6.10. The summed E-state index contributed by atoms with van der Waals surface area (Å²) in [7, 11) is 1.64. The van der Waals surface area contributed by atoms with Crippen molar-refractivity contribution in [2.24, 2.45) is 0 Å². The summed E-state index contributed by atoms with van der Waals surface area (Å²) in [5, 5.41) is 5.64. The van der Waals surface area contributed by atoms with Crippen molar-refractivity contribution in [3.05, 3.63) is 0 Å². The maximum absolute atomic E-state index is 12.0. The molecule has 0 aromatic heterocycles. The molecule has 0 saturated carbocycles. The first kappa shape index (κ1) is 18.9. The largest absolute Gasteiger partial charge is 0.385 e. The Hall–Kier alpha value is -1.14. The summed E-state index contributed by atoms with van der Waals surface area (Å²) in [6.07, 6.45) is 4.68. The van der Waals surface area contributed by atoms with E-state index in [0.29, 0.717) is 44.7 Å². The van der Waals surface area contributed by atoms with Crippen LogP contribution in [0.3, 0.4) is 0 Å². The summed E-state index contributed by atoms with van der Waals surface area (Å²) < 4.78 is 4.91. The Bertz CT molecular complexity index is 340. The first-order chi connectivity index (χ1) is 10.5. The molecule has 0 spiro atoms. The fourth-order valence-corrected chi connectivity index (χ4v) is 2.86.